The summed E-state index contributed by atoms with van der Waals surface area (Å²) in [6, 6.07) is 8.18. The van der Waals surface area contributed by atoms with Crippen LogP contribution in [0.5, 0.6) is 0 Å². The monoisotopic (exact) mass is 316 g/mol. The SMILES string of the molecule is CC[C@H](Nc1cccc(C(=O)NC)c1)C(=O)Nc1cc(C)on1. The van der Waals surface area contributed by atoms with Crippen molar-refractivity contribution in [1.29, 1.82) is 0 Å². The Morgan fingerprint density at radius 3 is 2.70 bits per heavy atom. The fourth-order valence-corrected chi connectivity index (χ4v) is 2.09. The molecule has 0 spiro atoms. The fraction of sp³-hybridized carbons (Fsp3) is 0.312. The van der Waals surface area contributed by atoms with Crippen LogP contribution in [0.25, 0.3) is 0 Å². The molecule has 23 heavy (non-hydrogen) atoms. The number of anilines is 2. The highest BCUT2D eigenvalue weighted by atomic mass is 16.5. The Morgan fingerprint density at radius 2 is 2.09 bits per heavy atom. The minimum absolute atomic E-state index is 0.177. The molecule has 122 valence electrons. The number of rotatable bonds is 6. The Hall–Kier alpha value is -2.83. The van der Waals surface area contributed by atoms with Gasteiger partial charge in [0.05, 0.1) is 0 Å². The number of nitrogens with one attached hydrogen (secondary N) is 3. The number of hydrogen-bond acceptors (Lipinski definition) is 5. The van der Waals surface area contributed by atoms with E-state index in [4.69, 9.17) is 4.52 Å². The van der Waals surface area contributed by atoms with Crippen LogP contribution in [0.1, 0.15) is 29.5 Å². The standard InChI is InChI=1S/C16H20N4O3/c1-4-13(16(22)19-14-8-10(2)23-20-14)18-12-7-5-6-11(9-12)15(21)17-3/h5-9,13,18H,4H2,1-3H3,(H,17,21)(H,19,20,22)/t13-/m0/s1. The first-order valence-electron chi connectivity index (χ1n) is 7.36. The molecule has 7 nitrogen and oxygen atoms in total. The third-order valence-corrected chi connectivity index (χ3v) is 3.30. The van der Waals surface area contributed by atoms with Crippen molar-refractivity contribution in [2.24, 2.45) is 0 Å². The molecule has 1 aromatic heterocycles. The Morgan fingerprint density at radius 1 is 1.30 bits per heavy atom. The van der Waals surface area contributed by atoms with Crippen molar-refractivity contribution < 1.29 is 14.1 Å². The van der Waals surface area contributed by atoms with E-state index in [-0.39, 0.29) is 11.8 Å². The summed E-state index contributed by atoms with van der Waals surface area (Å²) >= 11 is 0. The average molecular weight is 316 g/mol. The normalized spacial score (nSPS) is 11.6. The lowest BCUT2D eigenvalue weighted by Crippen LogP contribution is -2.34. The highest BCUT2D eigenvalue weighted by Gasteiger charge is 2.18. The van der Waals surface area contributed by atoms with Crippen LogP contribution in [0.4, 0.5) is 11.5 Å². The zero-order valence-electron chi connectivity index (χ0n) is 13.3. The number of amides is 2. The fourth-order valence-electron chi connectivity index (χ4n) is 2.09. The average Bonchev–Trinajstić information content (AvgIpc) is 2.96. The summed E-state index contributed by atoms with van der Waals surface area (Å²) in [5, 5.41) is 12.1. The zero-order chi connectivity index (χ0) is 16.8. The van der Waals surface area contributed by atoms with Gasteiger partial charge >= 0.3 is 0 Å². The van der Waals surface area contributed by atoms with Crippen LogP contribution < -0.4 is 16.0 Å². The highest BCUT2D eigenvalue weighted by molar-refractivity contribution is 5.97. The second-order valence-corrected chi connectivity index (χ2v) is 5.08. The van der Waals surface area contributed by atoms with Crippen LogP contribution in [0.3, 0.4) is 0 Å². The van der Waals surface area contributed by atoms with Gasteiger partial charge in [0.15, 0.2) is 5.82 Å². The Kier molecular flexibility index (Phi) is 5.35. The summed E-state index contributed by atoms with van der Waals surface area (Å²) in [5.41, 5.74) is 1.23. The van der Waals surface area contributed by atoms with Gasteiger partial charge in [-0.2, -0.15) is 0 Å². The quantitative estimate of drug-likeness (QED) is 0.759. The molecule has 0 aliphatic carbocycles. The number of aryl methyl sites for hydroxylation is 1. The topological polar surface area (TPSA) is 96.3 Å². The maximum Gasteiger partial charge on any atom is 0.251 e. The first kappa shape index (κ1) is 16.5. The van der Waals surface area contributed by atoms with E-state index in [1.54, 1.807) is 38.2 Å². The van der Waals surface area contributed by atoms with Gasteiger partial charge in [-0.05, 0) is 31.5 Å². The summed E-state index contributed by atoms with van der Waals surface area (Å²) in [6.07, 6.45) is 0.576. The van der Waals surface area contributed by atoms with E-state index in [9.17, 15) is 9.59 Å². The van der Waals surface area contributed by atoms with Gasteiger partial charge in [-0.25, -0.2) is 0 Å². The summed E-state index contributed by atoms with van der Waals surface area (Å²) in [4.78, 5) is 24.0. The smallest absolute Gasteiger partial charge is 0.251 e. The molecule has 0 aliphatic rings. The van der Waals surface area contributed by atoms with Crippen molar-refractivity contribution in [1.82, 2.24) is 10.5 Å². The van der Waals surface area contributed by atoms with E-state index in [1.165, 1.54) is 0 Å². The molecule has 1 heterocycles. The summed E-state index contributed by atoms with van der Waals surface area (Å²) in [6.45, 7) is 3.65. The van der Waals surface area contributed by atoms with Crippen LogP contribution in [-0.2, 0) is 4.79 Å². The van der Waals surface area contributed by atoms with Crippen LogP contribution >= 0.6 is 0 Å². The molecule has 0 fully saturated rings. The molecule has 2 aromatic rings. The predicted molar refractivity (Wildman–Crippen MR) is 87.4 cm³/mol. The number of carbonyl (C=O) groups excluding carboxylic acids is 2. The molecule has 1 atom stereocenters. The van der Waals surface area contributed by atoms with E-state index >= 15 is 0 Å². The van der Waals surface area contributed by atoms with Crippen LogP contribution in [0.15, 0.2) is 34.9 Å². The van der Waals surface area contributed by atoms with Gasteiger partial charge in [0, 0.05) is 24.4 Å². The molecular formula is C16H20N4O3. The highest BCUT2D eigenvalue weighted by Crippen LogP contribution is 2.14. The van der Waals surface area contributed by atoms with Gasteiger partial charge in [0.2, 0.25) is 5.91 Å². The largest absolute Gasteiger partial charge is 0.374 e. The lowest BCUT2D eigenvalue weighted by Gasteiger charge is -2.17. The van der Waals surface area contributed by atoms with Crippen molar-refractivity contribution in [3.63, 3.8) is 0 Å². The Bertz CT molecular complexity index is 696. The first-order valence-corrected chi connectivity index (χ1v) is 7.36. The van der Waals surface area contributed by atoms with Crippen molar-refractivity contribution in [3.05, 3.63) is 41.7 Å². The zero-order valence-corrected chi connectivity index (χ0v) is 13.3. The van der Waals surface area contributed by atoms with E-state index in [0.717, 1.165) is 0 Å². The first-order chi connectivity index (χ1) is 11.0. The second kappa shape index (κ2) is 7.44. The maximum atomic E-state index is 12.3. The molecule has 7 heteroatoms. The molecular weight excluding hydrogens is 296 g/mol. The van der Waals surface area contributed by atoms with Gasteiger partial charge in [0.1, 0.15) is 11.8 Å². The van der Waals surface area contributed by atoms with Crippen LogP contribution in [0, 0.1) is 6.92 Å². The van der Waals surface area contributed by atoms with Gasteiger partial charge in [-0.3, -0.25) is 9.59 Å². The van der Waals surface area contributed by atoms with E-state index < -0.39 is 6.04 Å². The van der Waals surface area contributed by atoms with Crippen LogP contribution in [0.2, 0.25) is 0 Å². The minimum atomic E-state index is -0.452. The molecule has 3 N–H and O–H groups in total. The van der Waals surface area contributed by atoms with E-state index in [2.05, 4.69) is 21.1 Å². The summed E-state index contributed by atoms with van der Waals surface area (Å²) in [7, 11) is 1.57. The Labute approximate surface area is 134 Å². The van der Waals surface area contributed by atoms with Crippen molar-refractivity contribution in [2.45, 2.75) is 26.3 Å². The number of carbonyl (C=O) groups is 2. The molecule has 0 radical (unpaired) electrons. The van der Waals surface area contributed by atoms with Gasteiger partial charge in [-0.15, -0.1) is 0 Å². The third kappa shape index (κ3) is 4.32. The lowest BCUT2D eigenvalue weighted by molar-refractivity contribution is -0.117. The third-order valence-electron chi connectivity index (χ3n) is 3.30. The summed E-state index contributed by atoms with van der Waals surface area (Å²) < 4.78 is 4.92. The molecule has 2 amide bonds. The number of benzene rings is 1. The predicted octanol–water partition coefficient (Wildman–Crippen LogP) is 2.17. The van der Waals surface area contributed by atoms with Gasteiger partial charge in [0.25, 0.3) is 5.91 Å². The number of hydrogen-bond donors (Lipinski definition) is 3. The van der Waals surface area contributed by atoms with Crippen molar-refractivity contribution in [2.75, 3.05) is 17.7 Å². The molecule has 0 saturated heterocycles. The lowest BCUT2D eigenvalue weighted by atomic mass is 10.1. The maximum absolute atomic E-state index is 12.3. The minimum Gasteiger partial charge on any atom is -0.374 e. The molecule has 2 rings (SSSR count). The second-order valence-electron chi connectivity index (χ2n) is 5.08. The molecule has 0 aliphatic heterocycles. The molecule has 0 saturated carbocycles. The number of nitrogens with zero attached hydrogens (tertiary/aromatic N) is 1. The van der Waals surface area contributed by atoms with Crippen LogP contribution in [-0.4, -0.2) is 30.1 Å². The molecule has 0 bridgehead atoms. The number of aromatic nitrogens is 1. The molecule has 0 unspecified atom stereocenters. The van der Waals surface area contributed by atoms with Gasteiger partial charge in [-0.1, -0.05) is 18.1 Å². The van der Waals surface area contributed by atoms with E-state index in [1.807, 2.05) is 13.0 Å². The van der Waals surface area contributed by atoms with E-state index in [0.29, 0.717) is 29.2 Å². The summed E-state index contributed by atoms with van der Waals surface area (Å²) in [5.74, 6) is 0.613. The Balaban J connectivity index is 2.06. The van der Waals surface area contributed by atoms with Crippen molar-refractivity contribution >= 4 is 23.3 Å². The molecule has 1 aromatic carbocycles. The van der Waals surface area contributed by atoms with Crippen molar-refractivity contribution in [3.8, 4) is 0 Å². The van der Waals surface area contributed by atoms with Gasteiger partial charge < -0.3 is 20.5 Å².